The topological polar surface area (TPSA) is 82.6 Å². The third kappa shape index (κ3) is 3.66. The average Bonchev–Trinajstić information content (AvgIpc) is 3.48. The number of anilines is 3. The molecule has 1 saturated heterocycles. The van der Waals surface area contributed by atoms with Gasteiger partial charge in [0.2, 0.25) is 5.91 Å². The van der Waals surface area contributed by atoms with Gasteiger partial charge in [0.25, 0.3) is 10.0 Å². The third-order valence-electron chi connectivity index (χ3n) is 5.64. The standard InChI is InChI=1S/C21H19FN4O3S2.H2/c22-15-1-6-18-14(13-15)7-10-26(18)19-8-11-25(20(19)27)16-2-4-17(5-3-16)31(28,29)24-21-23-9-12-30-21;/h1-6,9,12-13,19H,7-8,10-11H2,(H,23,24);1H/t19-;/m0./s1. The smallest absolute Gasteiger partial charge is 0.263 e. The van der Waals surface area contributed by atoms with Crippen molar-refractivity contribution in [1.82, 2.24) is 4.98 Å². The quantitative estimate of drug-likeness (QED) is 0.630. The highest BCUT2D eigenvalue weighted by atomic mass is 32.2. The van der Waals surface area contributed by atoms with Gasteiger partial charge in [-0.1, -0.05) is 0 Å². The largest absolute Gasteiger partial charge is 0.359 e. The molecule has 5 rings (SSSR count). The molecule has 7 nitrogen and oxygen atoms in total. The van der Waals surface area contributed by atoms with Crippen LogP contribution in [0.3, 0.4) is 0 Å². The number of sulfonamides is 1. The van der Waals surface area contributed by atoms with Crippen LogP contribution in [0.5, 0.6) is 0 Å². The van der Waals surface area contributed by atoms with Gasteiger partial charge in [0.1, 0.15) is 11.9 Å². The number of carbonyl (C=O) groups is 1. The lowest BCUT2D eigenvalue weighted by Gasteiger charge is -2.26. The minimum absolute atomic E-state index is 0. The van der Waals surface area contributed by atoms with Crippen molar-refractivity contribution in [3.63, 3.8) is 0 Å². The molecule has 0 unspecified atom stereocenters. The van der Waals surface area contributed by atoms with E-state index in [0.29, 0.717) is 30.3 Å². The predicted octanol–water partition coefficient (Wildman–Crippen LogP) is 3.50. The van der Waals surface area contributed by atoms with E-state index in [1.807, 2.05) is 4.90 Å². The van der Waals surface area contributed by atoms with E-state index in [-0.39, 0.29) is 24.1 Å². The number of nitrogens with zero attached hydrogens (tertiary/aromatic N) is 3. The summed E-state index contributed by atoms with van der Waals surface area (Å²) in [7, 11) is -3.74. The van der Waals surface area contributed by atoms with Crippen LogP contribution in [0.2, 0.25) is 0 Å². The fraction of sp³-hybridized carbons (Fsp3) is 0.238. The molecule has 0 spiro atoms. The summed E-state index contributed by atoms with van der Waals surface area (Å²) in [6, 6.07) is 10.6. The molecule has 2 aromatic carbocycles. The Hall–Kier alpha value is -2.98. The van der Waals surface area contributed by atoms with Gasteiger partial charge in [-0.05, 0) is 60.9 Å². The van der Waals surface area contributed by atoms with Crippen LogP contribution in [0.15, 0.2) is 58.9 Å². The number of hydrogen-bond donors (Lipinski definition) is 1. The molecule has 2 aliphatic heterocycles. The second kappa shape index (κ2) is 7.61. The highest BCUT2D eigenvalue weighted by Crippen LogP contribution is 2.34. The number of hydrogen-bond acceptors (Lipinski definition) is 6. The van der Waals surface area contributed by atoms with Gasteiger partial charge in [-0.15, -0.1) is 11.3 Å². The molecule has 1 amide bonds. The first-order valence-corrected chi connectivity index (χ1v) is 12.2. The van der Waals surface area contributed by atoms with Gasteiger partial charge in [-0.2, -0.15) is 0 Å². The van der Waals surface area contributed by atoms with Gasteiger partial charge in [-0.3, -0.25) is 9.52 Å². The van der Waals surface area contributed by atoms with Gasteiger partial charge in [-0.25, -0.2) is 17.8 Å². The molecule has 0 saturated carbocycles. The van der Waals surface area contributed by atoms with E-state index in [0.717, 1.165) is 17.7 Å². The minimum Gasteiger partial charge on any atom is -0.359 e. The monoisotopic (exact) mass is 460 g/mol. The third-order valence-corrected chi connectivity index (χ3v) is 7.81. The first-order valence-electron chi connectivity index (χ1n) is 9.81. The van der Waals surface area contributed by atoms with Crippen molar-refractivity contribution < 1.29 is 19.0 Å². The normalized spacial score (nSPS) is 18.5. The number of benzene rings is 2. The Kier molecular flexibility index (Phi) is 4.90. The maximum absolute atomic E-state index is 13.5. The zero-order valence-corrected chi connectivity index (χ0v) is 18.0. The van der Waals surface area contributed by atoms with Crippen molar-refractivity contribution >= 4 is 43.8 Å². The van der Waals surface area contributed by atoms with E-state index in [4.69, 9.17) is 0 Å². The Morgan fingerprint density at radius 3 is 2.71 bits per heavy atom. The zero-order chi connectivity index (χ0) is 21.6. The predicted molar refractivity (Wildman–Crippen MR) is 120 cm³/mol. The molecule has 0 aliphatic carbocycles. The summed E-state index contributed by atoms with van der Waals surface area (Å²) in [5.41, 5.74) is 2.49. The van der Waals surface area contributed by atoms with Crippen molar-refractivity contribution in [3.05, 3.63) is 65.4 Å². The van der Waals surface area contributed by atoms with Gasteiger partial charge in [0.05, 0.1) is 4.90 Å². The fourth-order valence-corrected chi connectivity index (χ4v) is 5.97. The van der Waals surface area contributed by atoms with Crippen molar-refractivity contribution in [3.8, 4) is 0 Å². The SMILES string of the molecule is O=C1[C@@H](N2CCc3cc(F)ccc32)CCN1c1ccc(S(=O)(=O)Nc2nccs2)cc1.[HH]. The number of fused-ring (bicyclic) bond motifs is 1. The summed E-state index contributed by atoms with van der Waals surface area (Å²) < 4.78 is 40.9. The zero-order valence-electron chi connectivity index (χ0n) is 16.4. The molecule has 31 heavy (non-hydrogen) atoms. The number of amides is 1. The van der Waals surface area contributed by atoms with Crippen LogP contribution in [-0.4, -0.2) is 38.4 Å². The highest BCUT2D eigenvalue weighted by molar-refractivity contribution is 7.93. The van der Waals surface area contributed by atoms with Crippen LogP contribution in [-0.2, 0) is 21.2 Å². The molecule has 3 heterocycles. The summed E-state index contributed by atoms with van der Waals surface area (Å²) in [6.45, 7) is 1.22. The number of rotatable bonds is 5. The molecule has 162 valence electrons. The molecule has 3 aromatic rings. The first-order chi connectivity index (χ1) is 14.9. The average molecular weight is 461 g/mol. The molecule has 1 atom stereocenters. The van der Waals surface area contributed by atoms with E-state index in [1.165, 1.54) is 41.8 Å². The van der Waals surface area contributed by atoms with Crippen molar-refractivity contribution in [2.45, 2.75) is 23.8 Å². The molecule has 2 aliphatic rings. The van der Waals surface area contributed by atoms with E-state index < -0.39 is 10.0 Å². The van der Waals surface area contributed by atoms with Gasteiger partial charge in [0, 0.05) is 37.5 Å². The number of nitrogens with one attached hydrogen (secondary N) is 1. The lowest BCUT2D eigenvalue weighted by Crippen LogP contribution is -2.41. The lowest BCUT2D eigenvalue weighted by atomic mass is 10.1. The first kappa shape index (κ1) is 20.0. The number of carbonyl (C=O) groups excluding carboxylic acids is 1. The Balaban J connectivity index is 0.00000245. The molecule has 1 aromatic heterocycles. The van der Waals surface area contributed by atoms with Crippen molar-refractivity contribution in [2.75, 3.05) is 27.6 Å². The minimum atomic E-state index is -3.74. The number of halogens is 1. The Morgan fingerprint density at radius 1 is 1.16 bits per heavy atom. The summed E-state index contributed by atoms with van der Waals surface area (Å²) in [4.78, 5) is 20.9. The molecule has 1 N–H and O–H groups in total. The second-order valence-corrected chi connectivity index (χ2v) is 10.0. The lowest BCUT2D eigenvalue weighted by molar-refractivity contribution is -0.118. The maximum atomic E-state index is 13.5. The Morgan fingerprint density at radius 2 is 1.97 bits per heavy atom. The molecular weight excluding hydrogens is 439 g/mol. The number of aromatic nitrogens is 1. The summed E-state index contributed by atoms with van der Waals surface area (Å²) in [6.07, 6.45) is 2.90. The molecule has 1 fully saturated rings. The summed E-state index contributed by atoms with van der Waals surface area (Å²) >= 11 is 1.20. The van der Waals surface area contributed by atoms with Gasteiger partial charge in [0.15, 0.2) is 5.13 Å². The number of thiazole rings is 1. The highest BCUT2D eigenvalue weighted by Gasteiger charge is 2.39. The second-order valence-electron chi connectivity index (χ2n) is 7.45. The van der Waals surface area contributed by atoms with Crippen LogP contribution in [0.25, 0.3) is 0 Å². The molecule has 0 bridgehead atoms. The van der Waals surface area contributed by atoms with Crippen LogP contribution in [0.4, 0.5) is 20.9 Å². The van der Waals surface area contributed by atoms with Crippen LogP contribution < -0.4 is 14.5 Å². The van der Waals surface area contributed by atoms with E-state index in [9.17, 15) is 17.6 Å². The Labute approximate surface area is 184 Å². The Bertz CT molecular complexity index is 1240. The van der Waals surface area contributed by atoms with E-state index in [1.54, 1.807) is 28.5 Å². The van der Waals surface area contributed by atoms with Crippen molar-refractivity contribution in [2.24, 2.45) is 0 Å². The molecule has 10 heteroatoms. The van der Waals surface area contributed by atoms with Crippen LogP contribution >= 0.6 is 11.3 Å². The fourth-order valence-electron chi connectivity index (χ4n) is 4.18. The molecule has 0 radical (unpaired) electrons. The summed E-state index contributed by atoms with van der Waals surface area (Å²) in [5, 5.41) is 1.98. The summed E-state index contributed by atoms with van der Waals surface area (Å²) in [5.74, 6) is -0.298. The molecular formula is C21H21FN4O3S2. The van der Waals surface area contributed by atoms with Gasteiger partial charge >= 0.3 is 0 Å². The van der Waals surface area contributed by atoms with Crippen LogP contribution in [0.1, 0.15) is 13.4 Å². The maximum Gasteiger partial charge on any atom is 0.263 e. The van der Waals surface area contributed by atoms with Crippen LogP contribution in [0, 0.1) is 5.82 Å². The van der Waals surface area contributed by atoms with E-state index in [2.05, 4.69) is 9.71 Å². The van der Waals surface area contributed by atoms with E-state index >= 15 is 0 Å². The van der Waals surface area contributed by atoms with Gasteiger partial charge < -0.3 is 9.80 Å². The van der Waals surface area contributed by atoms with Crippen molar-refractivity contribution in [1.29, 1.82) is 0 Å².